The molecule has 0 spiro atoms. The Hall–Kier alpha value is -2.63. The highest BCUT2D eigenvalue weighted by molar-refractivity contribution is 5.98. The molecule has 1 saturated heterocycles. The van der Waals surface area contributed by atoms with Crippen LogP contribution in [0.25, 0.3) is 0 Å². The van der Waals surface area contributed by atoms with Crippen LogP contribution in [0.4, 0.5) is 0 Å². The maximum atomic E-state index is 12.6. The number of hydrogen-bond donors (Lipinski definition) is 1. The Bertz CT molecular complexity index is 704. The van der Waals surface area contributed by atoms with Crippen molar-refractivity contribution in [3.05, 3.63) is 53.7 Å². The number of pyridine rings is 1. The topological polar surface area (TPSA) is 75.4 Å². The van der Waals surface area contributed by atoms with Gasteiger partial charge in [0.25, 0.3) is 11.8 Å². The standard InChI is InChI=1S/C18H21N3O3/c1-13-5-8-21(9-6-13)18(23)14-4-7-19-16(11-14)17(22)20-12-15-3-2-10-24-15/h2-4,7,10-11,13H,5-6,8-9,12H2,1H3,(H,20,22). The molecule has 0 radical (unpaired) electrons. The maximum Gasteiger partial charge on any atom is 0.270 e. The quantitative estimate of drug-likeness (QED) is 0.936. The van der Waals surface area contributed by atoms with Gasteiger partial charge in [-0.15, -0.1) is 0 Å². The second kappa shape index (κ2) is 7.29. The average Bonchev–Trinajstić information content (AvgIpc) is 3.13. The van der Waals surface area contributed by atoms with Crippen LogP contribution in [0, 0.1) is 5.92 Å². The molecule has 1 aliphatic rings. The van der Waals surface area contributed by atoms with Crippen LogP contribution in [0.3, 0.4) is 0 Å². The van der Waals surface area contributed by atoms with E-state index in [2.05, 4.69) is 17.2 Å². The number of nitrogens with one attached hydrogen (secondary N) is 1. The molecule has 3 heterocycles. The molecule has 0 aliphatic carbocycles. The summed E-state index contributed by atoms with van der Waals surface area (Å²) in [6, 6.07) is 6.75. The van der Waals surface area contributed by atoms with E-state index in [1.165, 1.54) is 6.20 Å². The molecule has 6 nitrogen and oxygen atoms in total. The number of amides is 2. The van der Waals surface area contributed by atoms with Crippen LogP contribution in [0.5, 0.6) is 0 Å². The summed E-state index contributed by atoms with van der Waals surface area (Å²) in [6.07, 6.45) is 5.10. The molecule has 2 aromatic rings. The van der Waals surface area contributed by atoms with Gasteiger partial charge in [0.15, 0.2) is 0 Å². The van der Waals surface area contributed by atoms with E-state index in [9.17, 15) is 9.59 Å². The fraction of sp³-hybridized carbons (Fsp3) is 0.389. The van der Waals surface area contributed by atoms with Gasteiger partial charge in [-0.2, -0.15) is 0 Å². The minimum atomic E-state index is -0.326. The number of carbonyl (C=O) groups is 2. The monoisotopic (exact) mass is 327 g/mol. The van der Waals surface area contributed by atoms with Gasteiger partial charge in [0.1, 0.15) is 11.5 Å². The Kier molecular flexibility index (Phi) is 4.93. The van der Waals surface area contributed by atoms with Crippen LogP contribution < -0.4 is 5.32 Å². The van der Waals surface area contributed by atoms with Gasteiger partial charge in [-0.3, -0.25) is 14.6 Å². The summed E-state index contributed by atoms with van der Waals surface area (Å²) in [7, 11) is 0. The van der Waals surface area contributed by atoms with Gasteiger partial charge < -0.3 is 14.6 Å². The molecule has 6 heteroatoms. The van der Waals surface area contributed by atoms with Crippen molar-refractivity contribution in [1.82, 2.24) is 15.2 Å². The van der Waals surface area contributed by atoms with Gasteiger partial charge in [-0.25, -0.2) is 0 Å². The van der Waals surface area contributed by atoms with Crippen LogP contribution in [-0.2, 0) is 6.54 Å². The summed E-state index contributed by atoms with van der Waals surface area (Å²) >= 11 is 0. The van der Waals surface area contributed by atoms with Crippen molar-refractivity contribution in [1.29, 1.82) is 0 Å². The van der Waals surface area contributed by atoms with Crippen LogP contribution in [-0.4, -0.2) is 34.8 Å². The van der Waals surface area contributed by atoms with E-state index < -0.39 is 0 Å². The first kappa shape index (κ1) is 16.2. The largest absolute Gasteiger partial charge is 0.467 e. The van der Waals surface area contributed by atoms with Gasteiger partial charge >= 0.3 is 0 Å². The van der Waals surface area contributed by atoms with E-state index in [4.69, 9.17) is 4.42 Å². The minimum Gasteiger partial charge on any atom is -0.467 e. The highest BCUT2D eigenvalue weighted by atomic mass is 16.3. The summed E-state index contributed by atoms with van der Waals surface area (Å²) in [4.78, 5) is 30.7. The molecule has 0 saturated carbocycles. The molecule has 1 fully saturated rings. The summed E-state index contributed by atoms with van der Waals surface area (Å²) in [5.41, 5.74) is 0.737. The highest BCUT2D eigenvalue weighted by Gasteiger charge is 2.22. The number of piperidine rings is 1. The van der Waals surface area contributed by atoms with Crippen molar-refractivity contribution in [2.45, 2.75) is 26.3 Å². The lowest BCUT2D eigenvalue weighted by Gasteiger charge is -2.30. The number of furan rings is 1. The van der Waals surface area contributed by atoms with Crippen LogP contribution in [0.1, 0.15) is 46.4 Å². The van der Waals surface area contributed by atoms with E-state index in [0.717, 1.165) is 25.9 Å². The molecule has 0 atom stereocenters. The van der Waals surface area contributed by atoms with Crippen molar-refractivity contribution in [3.8, 4) is 0 Å². The first-order valence-electron chi connectivity index (χ1n) is 8.19. The maximum absolute atomic E-state index is 12.6. The first-order valence-corrected chi connectivity index (χ1v) is 8.19. The molecule has 3 rings (SSSR count). The van der Waals surface area contributed by atoms with E-state index in [0.29, 0.717) is 17.2 Å². The molecular formula is C18H21N3O3. The van der Waals surface area contributed by atoms with Crippen LogP contribution >= 0.6 is 0 Å². The third-order valence-electron chi connectivity index (χ3n) is 4.31. The molecule has 126 valence electrons. The molecule has 0 unspecified atom stereocenters. The Morgan fingerprint density at radius 2 is 2.12 bits per heavy atom. The Morgan fingerprint density at radius 1 is 1.33 bits per heavy atom. The predicted molar refractivity (Wildman–Crippen MR) is 88.4 cm³/mol. The molecule has 2 amide bonds. The van der Waals surface area contributed by atoms with Crippen molar-refractivity contribution < 1.29 is 14.0 Å². The smallest absolute Gasteiger partial charge is 0.270 e. The van der Waals surface area contributed by atoms with Gasteiger partial charge in [0, 0.05) is 24.8 Å². The van der Waals surface area contributed by atoms with Crippen LogP contribution in [0.15, 0.2) is 41.1 Å². The lowest BCUT2D eigenvalue weighted by atomic mass is 9.98. The minimum absolute atomic E-state index is 0.0376. The molecule has 1 N–H and O–H groups in total. The first-order chi connectivity index (χ1) is 11.6. The number of rotatable bonds is 4. The van der Waals surface area contributed by atoms with E-state index in [-0.39, 0.29) is 24.1 Å². The molecule has 0 aromatic carbocycles. The van der Waals surface area contributed by atoms with Crippen molar-refractivity contribution in [3.63, 3.8) is 0 Å². The summed E-state index contributed by atoms with van der Waals surface area (Å²) in [5.74, 6) is 0.963. The number of carbonyl (C=O) groups excluding carboxylic acids is 2. The number of nitrogens with zero attached hydrogens (tertiary/aromatic N) is 2. The van der Waals surface area contributed by atoms with Gasteiger partial charge in [-0.05, 0) is 43.0 Å². The summed E-state index contributed by atoms with van der Waals surface area (Å²) in [5, 5.41) is 2.73. The molecule has 24 heavy (non-hydrogen) atoms. The van der Waals surface area contributed by atoms with Gasteiger partial charge in [0.2, 0.25) is 0 Å². The third-order valence-corrected chi connectivity index (χ3v) is 4.31. The predicted octanol–water partition coefficient (Wildman–Crippen LogP) is 2.48. The second-order valence-corrected chi connectivity index (χ2v) is 6.17. The lowest BCUT2D eigenvalue weighted by Crippen LogP contribution is -2.38. The van der Waals surface area contributed by atoms with E-state index >= 15 is 0 Å². The highest BCUT2D eigenvalue weighted by Crippen LogP contribution is 2.18. The lowest BCUT2D eigenvalue weighted by molar-refractivity contribution is 0.0697. The normalized spacial score (nSPS) is 15.3. The van der Waals surface area contributed by atoms with E-state index in [1.807, 2.05) is 4.90 Å². The number of likely N-dealkylation sites (tertiary alicyclic amines) is 1. The van der Waals surface area contributed by atoms with Crippen molar-refractivity contribution >= 4 is 11.8 Å². The molecular weight excluding hydrogens is 306 g/mol. The SMILES string of the molecule is CC1CCN(C(=O)c2ccnc(C(=O)NCc3ccco3)c2)CC1. The average molecular weight is 327 g/mol. The van der Waals surface area contributed by atoms with Crippen molar-refractivity contribution in [2.75, 3.05) is 13.1 Å². The molecule has 2 aromatic heterocycles. The van der Waals surface area contributed by atoms with Crippen LogP contribution in [0.2, 0.25) is 0 Å². The van der Waals surface area contributed by atoms with Gasteiger partial charge in [-0.1, -0.05) is 6.92 Å². The van der Waals surface area contributed by atoms with Crippen molar-refractivity contribution in [2.24, 2.45) is 5.92 Å². The summed E-state index contributed by atoms with van der Waals surface area (Å²) in [6.45, 7) is 4.02. The second-order valence-electron chi connectivity index (χ2n) is 6.17. The molecule has 0 bridgehead atoms. The van der Waals surface area contributed by atoms with E-state index in [1.54, 1.807) is 30.5 Å². The zero-order valence-corrected chi connectivity index (χ0v) is 13.7. The zero-order valence-electron chi connectivity index (χ0n) is 13.7. The number of aromatic nitrogens is 1. The fourth-order valence-corrected chi connectivity index (χ4v) is 2.75. The zero-order chi connectivity index (χ0) is 16.9. The number of hydrogen-bond acceptors (Lipinski definition) is 4. The fourth-order valence-electron chi connectivity index (χ4n) is 2.75. The third kappa shape index (κ3) is 3.82. The summed E-state index contributed by atoms with van der Waals surface area (Å²) < 4.78 is 5.17. The Morgan fingerprint density at radius 3 is 2.83 bits per heavy atom. The Balaban J connectivity index is 1.64. The molecule has 1 aliphatic heterocycles. The Labute approximate surface area is 140 Å². The van der Waals surface area contributed by atoms with Gasteiger partial charge in [0.05, 0.1) is 12.8 Å².